The maximum absolute atomic E-state index is 13.6. The van der Waals surface area contributed by atoms with Crippen molar-refractivity contribution in [2.45, 2.75) is 16.3 Å². The minimum atomic E-state index is -3.98. The van der Waals surface area contributed by atoms with E-state index in [1.54, 1.807) is 18.2 Å². The first kappa shape index (κ1) is 21.8. The Morgan fingerprint density at radius 3 is 2.18 bits per heavy atom. The van der Waals surface area contributed by atoms with Crippen LogP contribution in [-0.4, -0.2) is 31.4 Å². The molecular formula is C24H19N3O3S3. The molecule has 0 unspecified atom stereocenters. The van der Waals surface area contributed by atoms with Crippen LogP contribution in [0.3, 0.4) is 0 Å². The van der Waals surface area contributed by atoms with Crippen LogP contribution < -0.4 is 4.90 Å². The normalized spacial score (nSPS) is 19.4. The number of fused-ring (bicyclic) bond motifs is 1. The third-order valence-corrected chi connectivity index (χ3v) is 9.05. The molecule has 1 amide bonds. The van der Waals surface area contributed by atoms with E-state index in [9.17, 15) is 13.2 Å². The summed E-state index contributed by atoms with van der Waals surface area (Å²) in [7, 11) is -2.07. The van der Waals surface area contributed by atoms with Gasteiger partial charge in [-0.2, -0.15) is 8.42 Å². The summed E-state index contributed by atoms with van der Waals surface area (Å²) >= 11 is 2.61. The van der Waals surface area contributed by atoms with Gasteiger partial charge < -0.3 is 4.90 Å². The van der Waals surface area contributed by atoms with Gasteiger partial charge in [-0.15, -0.1) is 4.40 Å². The van der Waals surface area contributed by atoms with E-state index in [0.29, 0.717) is 4.91 Å². The first-order valence-electron chi connectivity index (χ1n) is 10.1. The number of hydrogen-bond acceptors (Lipinski definition) is 6. The molecule has 0 bridgehead atoms. The lowest BCUT2D eigenvalue weighted by atomic mass is 10.2. The van der Waals surface area contributed by atoms with Gasteiger partial charge >= 0.3 is 0 Å². The zero-order valence-corrected chi connectivity index (χ0v) is 20.0. The van der Waals surface area contributed by atoms with Crippen molar-refractivity contribution in [2.75, 3.05) is 11.9 Å². The van der Waals surface area contributed by atoms with Crippen molar-refractivity contribution in [3.63, 3.8) is 0 Å². The van der Waals surface area contributed by atoms with Crippen molar-refractivity contribution in [2.24, 2.45) is 4.40 Å². The smallest absolute Gasteiger partial charge is 0.284 e. The molecule has 33 heavy (non-hydrogen) atoms. The molecule has 9 heteroatoms. The summed E-state index contributed by atoms with van der Waals surface area (Å²) in [4.78, 5) is 18.6. The highest BCUT2D eigenvalue weighted by Gasteiger charge is 2.40. The second-order valence-corrected chi connectivity index (χ2v) is 11.0. The molecular weight excluding hydrogens is 474 g/mol. The van der Waals surface area contributed by atoms with Gasteiger partial charge in [-0.1, -0.05) is 72.4 Å². The molecule has 1 fully saturated rings. The molecule has 0 atom stereocenters. The van der Waals surface area contributed by atoms with E-state index in [0.717, 1.165) is 32.9 Å². The molecule has 0 radical (unpaired) electrons. The fraction of sp³-hybridized carbons (Fsp3) is 0.0833. The zero-order chi connectivity index (χ0) is 23.0. The quantitative estimate of drug-likeness (QED) is 0.481. The van der Waals surface area contributed by atoms with E-state index in [1.807, 2.05) is 66.5 Å². The Bertz CT molecular complexity index is 1390. The summed E-state index contributed by atoms with van der Waals surface area (Å²) < 4.78 is 30.1. The fourth-order valence-electron chi connectivity index (χ4n) is 3.56. The number of sulfonamides is 1. The highest BCUT2D eigenvalue weighted by atomic mass is 32.2. The summed E-state index contributed by atoms with van der Waals surface area (Å²) in [6, 6.07) is 25.4. The van der Waals surface area contributed by atoms with E-state index in [2.05, 4.69) is 4.40 Å². The van der Waals surface area contributed by atoms with E-state index < -0.39 is 10.0 Å². The number of amides is 1. The average Bonchev–Trinajstić information content (AvgIpc) is 3.32. The maximum atomic E-state index is 13.6. The van der Waals surface area contributed by atoms with Gasteiger partial charge in [0.2, 0.25) is 0 Å². The fourth-order valence-corrected chi connectivity index (χ4v) is 7.10. The molecule has 3 aromatic rings. The summed E-state index contributed by atoms with van der Waals surface area (Å²) in [5, 5.41) is 0.923. The SMILES string of the molecule is CN1/C(=C2\S/C(=N\S(=O)(=O)c3ccccc3)N(Cc3ccccc3)C2=O)Sc2ccccc21. The van der Waals surface area contributed by atoms with Gasteiger partial charge in [0.05, 0.1) is 22.2 Å². The Morgan fingerprint density at radius 1 is 0.848 bits per heavy atom. The molecule has 2 aliphatic heterocycles. The number of anilines is 1. The van der Waals surface area contributed by atoms with E-state index in [-0.39, 0.29) is 22.5 Å². The zero-order valence-electron chi connectivity index (χ0n) is 17.6. The predicted octanol–water partition coefficient (Wildman–Crippen LogP) is 4.92. The molecule has 166 valence electrons. The third kappa shape index (κ3) is 4.19. The number of thioether (sulfide) groups is 2. The van der Waals surface area contributed by atoms with Crippen molar-refractivity contribution >= 4 is 50.3 Å². The molecule has 2 heterocycles. The van der Waals surface area contributed by atoms with E-state index in [1.165, 1.54) is 28.8 Å². The van der Waals surface area contributed by atoms with Crippen molar-refractivity contribution in [3.05, 3.63) is 100 Å². The van der Waals surface area contributed by atoms with Gasteiger partial charge in [-0.05, 0) is 41.6 Å². The molecule has 5 rings (SSSR count). The Hall–Kier alpha value is -3.01. The van der Waals surface area contributed by atoms with Crippen molar-refractivity contribution in [3.8, 4) is 0 Å². The number of hydrogen-bond donors (Lipinski definition) is 0. The maximum Gasteiger partial charge on any atom is 0.284 e. The van der Waals surface area contributed by atoms with Gasteiger partial charge in [-0.3, -0.25) is 9.69 Å². The van der Waals surface area contributed by atoms with Crippen molar-refractivity contribution in [1.29, 1.82) is 0 Å². The highest BCUT2D eigenvalue weighted by Crippen LogP contribution is 2.50. The number of benzene rings is 3. The Kier molecular flexibility index (Phi) is 5.77. The number of carbonyl (C=O) groups is 1. The second-order valence-electron chi connectivity index (χ2n) is 7.40. The lowest BCUT2D eigenvalue weighted by Gasteiger charge is -2.16. The molecule has 3 aromatic carbocycles. The summed E-state index contributed by atoms with van der Waals surface area (Å²) in [5.74, 6) is -0.256. The minimum absolute atomic E-state index is 0.0890. The number of amidine groups is 1. The van der Waals surface area contributed by atoms with Gasteiger partial charge in [0.1, 0.15) is 4.91 Å². The highest BCUT2D eigenvalue weighted by molar-refractivity contribution is 8.19. The van der Waals surface area contributed by atoms with Crippen LogP contribution >= 0.6 is 23.5 Å². The number of carbonyl (C=O) groups excluding carboxylic acids is 1. The summed E-state index contributed by atoms with van der Waals surface area (Å²) in [5.41, 5.74) is 1.90. The van der Waals surface area contributed by atoms with Gasteiger partial charge in [0, 0.05) is 11.9 Å². The Labute approximate surface area is 201 Å². The van der Waals surface area contributed by atoms with Crippen LogP contribution in [0.25, 0.3) is 0 Å². The standard InChI is InChI=1S/C24H19N3O3S3/c1-26-19-14-8-9-15-20(19)31-23(26)21-22(28)27(16-17-10-4-2-5-11-17)24(32-21)25-33(29,30)18-12-6-3-7-13-18/h2-15H,16H2,1H3/b23-21+,25-24-. The van der Waals surface area contributed by atoms with Crippen molar-refractivity contribution < 1.29 is 13.2 Å². The number of nitrogens with zero attached hydrogens (tertiary/aromatic N) is 3. The summed E-state index contributed by atoms with van der Waals surface area (Å²) in [6.07, 6.45) is 0. The molecule has 2 aliphatic rings. The Morgan fingerprint density at radius 2 is 1.48 bits per heavy atom. The molecule has 0 spiro atoms. The van der Waals surface area contributed by atoms with Crippen molar-refractivity contribution in [1.82, 2.24) is 4.90 Å². The van der Waals surface area contributed by atoms with Crippen LogP contribution in [0, 0.1) is 0 Å². The molecule has 0 N–H and O–H groups in total. The minimum Gasteiger partial charge on any atom is -0.337 e. The number of para-hydroxylation sites is 1. The number of rotatable bonds is 4. The molecule has 1 saturated heterocycles. The molecule has 0 saturated carbocycles. The van der Waals surface area contributed by atoms with Crippen LogP contribution in [0.1, 0.15) is 5.56 Å². The van der Waals surface area contributed by atoms with E-state index in [4.69, 9.17) is 0 Å². The third-order valence-electron chi connectivity index (χ3n) is 5.22. The topological polar surface area (TPSA) is 70.1 Å². The van der Waals surface area contributed by atoms with Crippen LogP contribution in [0.2, 0.25) is 0 Å². The monoisotopic (exact) mass is 493 g/mol. The first-order chi connectivity index (χ1) is 15.9. The molecule has 6 nitrogen and oxygen atoms in total. The average molecular weight is 494 g/mol. The second kappa shape index (κ2) is 8.74. The molecule has 0 aromatic heterocycles. The Balaban J connectivity index is 1.58. The largest absolute Gasteiger partial charge is 0.337 e. The van der Waals surface area contributed by atoms with Crippen LogP contribution in [0.15, 0.2) is 109 Å². The van der Waals surface area contributed by atoms with E-state index >= 15 is 0 Å². The van der Waals surface area contributed by atoms with Crippen LogP contribution in [0.4, 0.5) is 5.69 Å². The predicted molar refractivity (Wildman–Crippen MR) is 133 cm³/mol. The summed E-state index contributed by atoms with van der Waals surface area (Å²) in [6.45, 7) is 0.230. The first-order valence-corrected chi connectivity index (χ1v) is 13.2. The van der Waals surface area contributed by atoms with Gasteiger partial charge in [0.25, 0.3) is 15.9 Å². The van der Waals surface area contributed by atoms with Crippen LogP contribution in [0.5, 0.6) is 0 Å². The van der Waals surface area contributed by atoms with Crippen LogP contribution in [-0.2, 0) is 21.4 Å². The van der Waals surface area contributed by atoms with Gasteiger partial charge in [-0.25, -0.2) is 0 Å². The molecule has 0 aliphatic carbocycles. The lowest BCUT2D eigenvalue weighted by molar-refractivity contribution is -0.122. The van der Waals surface area contributed by atoms with Gasteiger partial charge in [0.15, 0.2) is 5.17 Å². The lowest BCUT2D eigenvalue weighted by Crippen LogP contribution is -2.29.